The molecule has 282 valence electrons. The number of rotatable bonds is 10. The largest absolute Gasteiger partial charge is 0.453 e. The highest BCUT2D eigenvalue weighted by Crippen LogP contribution is 2.35. The van der Waals surface area contributed by atoms with Gasteiger partial charge in [0.25, 0.3) is 0 Å². The van der Waals surface area contributed by atoms with Crippen molar-refractivity contribution in [1.82, 2.24) is 35.1 Å². The SMILES string of the molecule is COC(=O)N[C@H](C(=O)N1CCC[C@H]1c1nc(-c2ccc3cc(/C=C/c4ccc5[nH]c([C@@H]6CCCN6C(=O)[C@@H](C)C(C)C)nc5c4)ccc3c2)c[nH]1)C(C)C. The third kappa shape index (κ3) is 7.49. The van der Waals surface area contributed by atoms with Gasteiger partial charge in [-0.2, -0.15) is 0 Å². The summed E-state index contributed by atoms with van der Waals surface area (Å²) in [7, 11) is 1.30. The van der Waals surface area contributed by atoms with Crippen LogP contribution in [0.25, 0.3) is 45.2 Å². The first-order valence-corrected chi connectivity index (χ1v) is 19.2. The molecule has 0 bridgehead atoms. The van der Waals surface area contributed by atoms with Gasteiger partial charge in [-0.15, -0.1) is 0 Å². The van der Waals surface area contributed by atoms with Crippen molar-refractivity contribution >= 4 is 51.9 Å². The molecule has 11 heteroatoms. The molecular weight excluding hydrogens is 679 g/mol. The number of carbonyl (C=O) groups is 3. The van der Waals surface area contributed by atoms with E-state index in [1.807, 2.05) is 36.8 Å². The number of carbonyl (C=O) groups excluding carboxylic acids is 3. The number of hydrogen-bond donors (Lipinski definition) is 3. The lowest BCUT2D eigenvalue weighted by Crippen LogP contribution is -2.51. The lowest BCUT2D eigenvalue weighted by molar-refractivity contribution is -0.137. The number of aromatic nitrogens is 4. The Morgan fingerprint density at radius 1 is 0.796 bits per heavy atom. The number of likely N-dealkylation sites (tertiary alicyclic amines) is 2. The Balaban J connectivity index is 1.03. The first kappa shape index (κ1) is 36.9. The predicted octanol–water partition coefficient (Wildman–Crippen LogP) is 8.28. The molecule has 7 rings (SSSR count). The van der Waals surface area contributed by atoms with Crippen molar-refractivity contribution < 1.29 is 19.1 Å². The molecule has 5 aromatic rings. The third-order valence-electron chi connectivity index (χ3n) is 11.2. The fraction of sp³-hybridized carbons (Fsp3) is 0.419. The summed E-state index contributed by atoms with van der Waals surface area (Å²) in [5.41, 5.74) is 5.83. The summed E-state index contributed by atoms with van der Waals surface area (Å²) in [6.45, 7) is 11.4. The second-order valence-electron chi connectivity index (χ2n) is 15.5. The van der Waals surface area contributed by atoms with Crippen molar-refractivity contribution in [3.63, 3.8) is 0 Å². The molecule has 0 saturated carbocycles. The number of imidazole rings is 2. The fourth-order valence-corrected chi connectivity index (χ4v) is 7.73. The second-order valence-corrected chi connectivity index (χ2v) is 15.5. The van der Waals surface area contributed by atoms with E-state index in [1.54, 1.807) is 0 Å². The van der Waals surface area contributed by atoms with E-state index in [-0.39, 0.29) is 35.7 Å². The Labute approximate surface area is 316 Å². The molecule has 2 aromatic heterocycles. The summed E-state index contributed by atoms with van der Waals surface area (Å²) >= 11 is 0. The summed E-state index contributed by atoms with van der Waals surface area (Å²) in [4.78, 5) is 59.3. The normalized spacial score (nSPS) is 18.7. The number of methoxy groups -OCH3 is 1. The van der Waals surface area contributed by atoms with Crippen LogP contribution in [0, 0.1) is 17.8 Å². The molecule has 3 amide bonds. The first-order valence-electron chi connectivity index (χ1n) is 19.2. The molecule has 3 aromatic carbocycles. The van der Waals surface area contributed by atoms with Crippen LogP contribution in [0.15, 0.2) is 60.8 Å². The summed E-state index contributed by atoms with van der Waals surface area (Å²) < 4.78 is 4.76. The summed E-state index contributed by atoms with van der Waals surface area (Å²) in [6.07, 6.45) is 9.09. The summed E-state index contributed by atoms with van der Waals surface area (Å²) in [6, 6.07) is 18.1. The van der Waals surface area contributed by atoms with Gasteiger partial charge in [-0.1, -0.05) is 77.1 Å². The smallest absolute Gasteiger partial charge is 0.407 e. The van der Waals surface area contributed by atoms with Gasteiger partial charge >= 0.3 is 6.09 Å². The number of nitrogens with zero attached hydrogens (tertiary/aromatic N) is 4. The lowest BCUT2D eigenvalue weighted by atomic mass is 9.96. The van der Waals surface area contributed by atoms with Crippen molar-refractivity contribution in [3.05, 3.63) is 83.6 Å². The van der Waals surface area contributed by atoms with Gasteiger partial charge in [0, 0.05) is 30.8 Å². The van der Waals surface area contributed by atoms with Gasteiger partial charge < -0.3 is 29.8 Å². The number of fused-ring (bicyclic) bond motifs is 2. The minimum Gasteiger partial charge on any atom is -0.453 e. The van der Waals surface area contributed by atoms with Gasteiger partial charge in [-0.05, 0) is 83.7 Å². The molecule has 2 saturated heterocycles. The van der Waals surface area contributed by atoms with Gasteiger partial charge in [0.2, 0.25) is 11.8 Å². The summed E-state index contributed by atoms with van der Waals surface area (Å²) in [5.74, 6) is 1.90. The maximum atomic E-state index is 13.6. The van der Waals surface area contributed by atoms with E-state index in [4.69, 9.17) is 14.7 Å². The molecule has 2 aliphatic rings. The van der Waals surface area contributed by atoms with Crippen molar-refractivity contribution in [1.29, 1.82) is 0 Å². The van der Waals surface area contributed by atoms with Crippen molar-refractivity contribution in [2.45, 2.75) is 78.4 Å². The monoisotopic (exact) mass is 729 g/mol. The van der Waals surface area contributed by atoms with E-state index in [0.717, 1.165) is 88.1 Å². The van der Waals surface area contributed by atoms with E-state index < -0.39 is 12.1 Å². The minimum atomic E-state index is -0.675. The molecule has 2 aliphatic heterocycles. The molecular formula is C43H51N7O4. The number of alkyl carbamates (subject to hydrolysis) is 1. The number of H-pyrrole nitrogens is 2. The molecule has 0 aliphatic carbocycles. The third-order valence-corrected chi connectivity index (χ3v) is 11.2. The van der Waals surface area contributed by atoms with Crippen molar-refractivity contribution in [2.24, 2.45) is 17.8 Å². The quantitative estimate of drug-likeness (QED) is 0.124. The highest BCUT2D eigenvalue weighted by atomic mass is 16.5. The van der Waals surface area contributed by atoms with Gasteiger partial charge in [-0.25, -0.2) is 14.8 Å². The van der Waals surface area contributed by atoms with Gasteiger partial charge in [0.1, 0.15) is 17.7 Å². The highest BCUT2D eigenvalue weighted by molar-refractivity contribution is 5.90. The molecule has 4 atom stereocenters. The highest BCUT2D eigenvalue weighted by Gasteiger charge is 2.38. The van der Waals surface area contributed by atoms with Crippen LogP contribution in [-0.4, -0.2) is 73.9 Å². The zero-order valence-corrected chi connectivity index (χ0v) is 32.1. The number of ether oxygens (including phenoxy) is 1. The zero-order chi connectivity index (χ0) is 38.1. The Kier molecular flexibility index (Phi) is 10.6. The molecule has 54 heavy (non-hydrogen) atoms. The lowest BCUT2D eigenvalue weighted by Gasteiger charge is -2.29. The molecule has 4 heterocycles. The van der Waals surface area contributed by atoms with Crippen LogP contribution in [0.4, 0.5) is 4.79 Å². The van der Waals surface area contributed by atoms with E-state index in [1.165, 1.54) is 7.11 Å². The number of nitrogens with one attached hydrogen (secondary N) is 3. The van der Waals surface area contributed by atoms with Crippen LogP contribution in [0.1, 0.15) is 95.2 Å². The number of aromatic amines is 2. The molecule has 0 unspecified atom stereocenters. The average Bonchev–Trinajstić information content (AvgIpc) is 4.00. The van der Waals surface area contributed by atoms with Crippen molar-refractivity contribution in [2.75, 3.05) is 20.2 Å². The Hall–Kier alpha value is -5.45. The second kappa shape index (κ2) is 15.5. The minimum absolute atomic E-state index is 0.00698. The summed E-state index contributed by atoms with van der Waals surface area (Å²) in [5, 5.41) is 4.93. The van der Waals surface area contributed by atoms with E-state index in [2.05, 4.69) is 95.9 Å². The Bertz CT molecular complexity index is 2200. The molecule has 3 N–H and O–H groups in total. The number of amides is 3. The van der Waals surface area contributed by atoms with E-state index in [0.29, 0.717) is 12.5 Å². The molecule has 0 radical (unpaired) electrons. The van der Waals surface area contributed by atoms with Crippen molar-refractivity contribution in [3.8, 4) is 11.3 Å². The molecule has 2 fully saturated rings. The van der Waals surface area contributed by atoms with Gasteiger partial charge in [-0.3, -0.25) is 9.59 Å². The fourth-order valence-electron chi connectivity index (χ4n) is 7.73. The van der Waals surface area contributed by atoms with Crippen LogP contribution < -0.4 is 5.32 Å². The van der Waals surface area contributed by atoms with Crippen LogP contribution in [0.5, 0.6) is 0 Å². The van der Waals surface area contributed by atoms with Crippen LogP contribution in [0.3, 0.4) is 0 Å². The maximum absolute atomic E-state index is 13.6. The Morgan fingerprint density at radius 2 is 1.44 bits per heavy atom. The standard InChI is InChI=1S/C43H51N7O4/c1-25(2)27(5)41(51)49-19-8-10-37(49)40-45-33-18-14-29(22-34(33)46-40)12-11-28-13-15-31-23-32(17-16-30(31)21-28)35-24-44-39(47-35)36-9-7-20-50(36)42(52)38(26(3)4)48-43(53)54-6/h11-18,21-27,36-38H,7-10,19-20H2,1-6H3,(H,44,47)(H,45,46)(H,48,53)/b12-11+/t27-,36-,37-,38-/m0/s1. The average molecular weight is 730 g/mol. The van der Waals surface area contributed by atoms with Gasteiger partial charge in [0.15, 0.2) is 0 Å². The van der Waals surface area contributed by atoms with E-state index in [9.17, 15) is 14.4 Å². The van der Waals surface area contributed by atoms with Crippen LogP contribution >= 0.6 is 0 Å². The maximum Gasteiger partial charge on any atom is 0.407 e. The predicted molar refractivity (Wildman–Crippen MR) is 212 cm³/mol. The van der Waals surface area contributed by atoms with E-state index >= 15 is 0 Å². The topological polar surface area (TPSA) is 136 Å². The first-order chi connectivity index (χ1) is 26.0. The Morgan fingerprint density at radius 3 is 2.15 bits per heavy atom. The van der Waals surface area contributed by atoms with Crippen LogP contribution in [-0.2, 0) is 14.3 Å². The molecule has 11 nitrogen and oxygen atoms in total. The number of hydrogen-bond acceptors (Lipinski definition) is 6. The van der Waals surface area contributed by atoms with Crippen LogP contribution in [0.2, 0.25) is 0 Å². The van der Waals surface area contributed by atoms with Gasteiger partial charge in [0.05, 0.1) is 35.9 Å². The zero-order valence-electron chi connectivity index (χ0n) is 32.1. The molecule has 0 spiro atoms. The number of benzene rings is 3.